The Morgan fingerprint density at radius 2 is 1.92 bits per heavy atom. The third kappa shape index (κ3) is 3.75. The molecule has 0 aliphatic rings. The number of para-hydroxylation sites is 1. The van der Waals surface area contributed by atoms with Gasteiger partial charge in [0.1, 0.15) is 5.75 Å². The minimum Gasteiger partial charge on any atom is -0.424 e. The summed E-state index contributed by atoms with van der Waals surface area (Å²) < 4.78 is 11.0. The molecule has 0 bridgehead atoms. The fourth-order valence-electron chi connectivity index (χ4n) is 2.14. The van der Waals surface area contributed by atoms with Gasteiger partial charge in [0.2, 0.25) is 0 Å². The van der Waals surface area contributed by atoms with Crippen LogP contribution in [0.1, 0.15) is 29.1 Å². The lowest BCUT2D eigenvalue weighted by Gasteiger charge is -2.12. The first-order valence-corrected chi connectivity index (χ1v) is 7.74. The van der Waals surface area contributed by atoms with Crippen LogP contribution in [0.25, 0.3) is 0 Å². The number of carbonyl (C=O) groups is 1. The van der Waals surface area contributed by atoms with E-state index in [1.165, 1.54) is 0 Å². The quantitative estimate of drug-likeness (QED) is 0.735. The molecule has 1 aromatic carbocycles. The number of rotatable bonds is 5. The van der Waals surface area contributed by atoms with E-state index in [2.05, 4.69) is 10.3 Å². The second-order valence-corrected chi connectivity index (χ2v) is 5.53. The summed E-state index contributed by atoms with van der Waals surface area (Å²) in [5, 5.41) is 3.32. The number of nitrogens with zero attached hydrogens (tertiary/aromatic N) is 1. The summed E-state index contributed by atoms with van der Waals surface area (Å²) in [5.41, 5.74) is 0.956. The predicted octanol–water partition coefficient (Wildman–Crippen LogP) is 4.61. The molecule has 0 aliphatic heterocycles. The Hall–Kier alpha value is -2.79. The SMILES string of the molecule is C[C@@H](NC(=O)c1ccc(Oc2ccccc2Cl)o1)c1ccncc1. The topological polar surface area (TPSA) is 64.4 Å². The first kappa shape index (κ1) is 16.1. The van der Waals surface area contributed by atoms with Crippen molar-refractivity contribution in [2.75, 3.05) is 0 Å². The first-order chi connectivity index (χ1) is 11.6. The van der Waals surface area contributed by atoms with Crippen molar-refractivity contribution in [3.05, 3.63) is 77.3 Å². The van der Waals surface area contributed by atoms with Gasteiger partial charge in [-0.05, 0) is 42.8 Å². The average Bonchev–Trinajstić information content (AvgIpc) is 3.06. The molecule has 3 aromatic rings. The van der Waals surface area contributed by atoms with Crippen LogP contribution in [0.15, 0.2) is 65.3 Å². The van der Waals surface area contributed by atoms with Crippen LogP contribution < -0.4 is 10.1 Å². The van der Waals surface area contributed by atoms with E-state index in [0.29, 0.717) is 10.8 Å². The summed E-state index contributed by atoms with van der Waals surface area (Å²) in [5.74, 6) is 0.502. The molecule has 1 N–H and O–H groups in total. The lowest BCUT2D eigenvalue weighted by Crippen LogP contribution is -2.26. The average molecular weight is 343 g/mol. The zero-order valence-corrected chi connectivity index (χ0v) is 13.7. The third-order valence-corrected chi connectivity index (χ3v) is 3.72. The molecule has 1 amide bonds. The summed E-state index contributed by atoms with van der Waals surface area (Å²) in [6.07, 6.45) is 3.36. The van der Waals surface area contributed by atoms with E-state index in [4.69, 9.17) is 20.8 Å². The second-order valence-electron chi connectivity index (χ2n) is 5.13. The highest BCUT2D eigenvalue weighted by Crippen LogP contribution is 2.30. The summed E-state index contributed by atoms with van der Waals surface area (Å²) >= 11 is 6.03. The Morgan fingerprint density at radius 3 is 2.67 bits per heavy atom. The van der Waals surface area contributed by atoms with Crippen molar-refractivity contribution in [3.63, 3.8) is 0 Å². The van der Waals surface area contributed by atoms with Gasteiger partial charge in [-0.15, -0.1) is 0 Å². The molecule has 0 aliphatic carbocycles. The van der Waals surface area contributed by atoms with Crippen LogP contribution >= 0.6 is 11.6 Å². The van der Waals surface area contributed by atoms with Gasteiger partial charge in [0.15, 0.2) is 5.76 Å². The summed E-state index contributed by atoms with van der Waals surface area (Å²) in [6.45, 7) is 1.89. The number of pyridine rings is 1. The van der Waals surface area contributed by atoms with Gasteiger partial charge < -0.3 is 14.5 Å². The van der Waals surface area contributed by atoms with Gasteiger partial charge in [0, 0.05) is 18.5 Å². The standard InChI is InChI=1S/C18H15ClN2O3/c1-12(13-8-10-20-11-9-13)21-18(22)16-6-7-17(24-16)23-15-5-3-2-4-14(15)19/h2-12H,1H3,(H,21,22)/t12-/m1/s1. The monoisotopic (exact) mass is 342 g/mol. The molecule has 2 aromatic heterocycles. The Balaban J connectivity index is 1.67. The van der Waals surface area contributed by atoms with E-state index in [9.17, 15) is 4.79 Å². The van der Waals surface area contributed by atoms with Gasteiger partial charge in [0.25, 0.3) is 11.9 Å². The zero-order chi connectivity index (χ0) is 16.9. The van der Waals surface area contributed by atoms with Gasteiger partial charge >= 0.3 is 0 Å². The molecule has 24 heavy (non-hydrogen) atoms. The molecule has 0 fully saturated rings. The molecule has 0 radical (unpaired) electrons. The van der Waals surface area contributed by atoms with Crippen molar-refractivity contribution < 1.29 is 13.9 Å². The summed E-state index contributed by atoms with van der Waals surface area (Å²) in [4.78, 5) is 16.2. The van der Waals surface area contributed by atoms with E-state index < -0.39 is 0 Å². The van der Waals surface area contributed by atoms with Gasteiger partial charge in [0.05, 0.1) is 11.1 Å². The maximum absolute atomic E-state index is 12.3. The summed E-state index contributed by atoms with van der Waals surface area (Å²) in [7, 11) is 0. The molecule has 122 valence electrons. The maximum Gasteiger partial charge on any atom is 0.290 e. The van der Waals surface area contributed by atoms with Crippen LogP contribution in [0.3, 0.4) is 0 Å². The molecular weight excluding hydrogens is 328 g/mol. The Labute approximate surface area is 144 Å². The van der Waals surface area contributed by atoms with E-state index >= 15 is 0 Å². The van der Waals surface area contributed by atoms with Gasteiger partial charge in [-0.25, -0.2) is 0 Å². The predicted molar refractivity (Wildman–Crippen MR) is 90.4 cm³/mol. The van der Waals surface area contributed by atoms with Crippen molar-refractivity contribution in [3.8, 4) is 11.7 Å². The zero-order valence-electron chi connectivity index (χ0n) is 12.9. The minimum atomic E-state index is -0.326. The highest BCUT2D eigenvalue weighted by atomic mass is 35.5. The molecule has 5 nitrogen and oxygen atoms in total. The molecule has 0 saturated heterocycles. The van der Waals surface area contributed by atoms with Gasteiger partial charge in [-0.1, -0.05) is 23.7 Å². The smallest absolute Gasteiger partial charge is 0.290 e. The minimum absolute atomic E-state index is 0.165. The van der Waals surface area contributed by atoms with Crippen molar-refractivity contribution in [1.82, 2.24) is 10.3 Å². The number of nitrogens with one attached hydrogen (secondary N) is 1. The maximum atomic E-state index is 12.3. The van der Waals surface area contributed by atoms with E-state index in [1.54, 1.807) is 48.8 Å². The molecule has 3 rings (SSSR count). The fraction of sp³-hybridized carbons (Fsp3) is 0.111. The van der Waals surface area contributed by atoms with Crippen LogP contribution in [0.2, 0.25) is 5.02 Å². The normalized spacial score (nSPS) is 11.8. The molecule has 0 unspecified atom stereocenters. The second kappa shape index (κ2) is 7.19. The number of amides is 1. The molecule has 0 saturated carbocycles. The van der Waals surface area contributed by atoms with Gasteiger partial charge in [-0.3, -0.25) is 9.78 Å². The molecule has 2 heterocycles. The number of hydrogen-bond donors (Lipinski definition) is 1. The number of furan rings is 1. The van der Waals surface area contributed by atoms with Crippen molar-refractivity contribution in [2.24, 2.45) is 0 Å². The van der Waals surface area contributed by atoms with Crippen LogP contribution in [0.5, 0.6) is 11.7 Å². The lowest BCUT2D eigenvalue weighted by molar-refractivity contribution is 0.0907. The third-order valence-electron chi connectivity index (χ3n) is 3.41. The first-order valence-electron chi connectivity index (χ1n) is 7.36. The Bertz CT molecular complexity index is 833. The molecular formula is C18H15ClN2O3. The number of halogens is 1. The number of aromatic nitrogens is 1. The van der Waals surface area contributed by atoms with Crippen molar-refractivity contribution in [1.29, 1.82) is 0 Å². The van der Waals surface area contributed by atoms with E-state index in [-0.39, 0.29) is 23.7 Å². The highest BCUT2D eigenvalue weighted by Gasteiger charge is 2.16. The van der Waals surface area contributed by atoms with E-state index in [0.717, 1.165) is 5.56 Å². The highest BCUT2D eigenvalue weighted by molar-refractivity contribution is 6.32. The Morgan fingerprint density at radius 1 is 1.17 bits per heavy atom. The van der Waals surface area contributed by atoms with Crippen LogP contribution in [-0.2, 0) is 0 Å². The lowest BCUT2D eigenvalue weighted by atomic mass is 10.1. The van der Waals surface area contributed by atoms with Crippen molar-refractivity contribution in [2.45, 2.75) is 13.0 Å². The van der Waals surface area contributed by atoms with Crippen LogP contribution in [-0.4, -0.2) is 10.9 Å². The molecule has 6 heteroatoms. The number of hydrogen-bond acceptors (Lipinski definition) is 4. The fourth-order valence-corrected chi connectivity index (χ4v) is 2.31. The number of carbonyl (C=O) groups excluding carboxylic acids is 1. The van der Waals surface area contributed by atoms with E-state index in [1.807, 2.05) is 19.1 Å². The van der Waals surface area contributed by atoms with Crippen LogP contribution in [0, 0.1) is 0 Å². The van der Waals surface area contributed by atoms with Gasteiger partial charge in [-0.2, -0.15) is 0 Å². The largest absolute Gasteiger partial charge is 0.424 e. The van der Waals surface area contributed by atoms with Crippen molar-refractivity contribution >= 4 is 17.5 Å². The van der Waals surface area contributed by atoms with Crippen LogP contribution in [0.4, 0.5) is 0 Å². The molecule has 0 spiro atoms. The number of ether oxygens (including phenoxy) is 1. The molecule has 1 atom stereocenters. The Kier molecular flexibility index (Phi) is 4.82. The summed E-state index contributed by atoms with van der Waals surface area (Å²) in [6, 6.07) is 13.7. The number of benzene rings is 1.